The molecule has 0 bridgehead atoms. The molecule has 0 aliphatic carbocycles. The van der Waals surface area contributed by atoms with Crippen molar-refractivity contribution < 1.29 is 9.90 Å². The number of benzene rings is 2. The Labute approximate surface area is 189 Å². The molecular formula is C22H21Cl2N3O2S. The number of hydrogen-bond donors (Lipinski definition) is 2. The average Bonchev–Trinajstić information content (AvgIpc) is 2.71. The first-order valence-corrected chi connectivity index (χ1v) is 11.1. The van der Waals surface area contributed by atoms with E-state index >= 15 is 0 Å². The number of carbonyl (C=O) groups is 1. The van der Waals surface area contributed by atoms with Crippen LogP contribution < -0.4 is 5.32 Å². The minimum absolute atomic E-state index is 0.158. The van der Waals surface area contributed by atoms with E-state index in [0.717, 1.165) is 21.6 Å². The summed E-state index contributed by atoms with van der Waals surface area (Å²) in [6.07, 6.45) is 3.55. The van der Waals surface area contributed by atoms with Crippen LogP contribution >= 0.6 is 35.0 Å². The van der Waals surface area contributed by atoms with Crippen LogP contribution in [0.4, 0.5) is 5.69 Å². The summed E-state index contributed by atoms with van der Waals surface area (Å²) in [7, 11) is 0. The third-order valence-electron chi connectivity index (χ3n) is 4.45. The van der Waals surface area contributed by atoms with E-state index in [1.54, 1.807) is 12.1 Å². The fourth-order valence-electron chi connectivity index (χ4n) is 2.92. The Hall–Kier alpha value is -2.28. The Morgan fingerprint density at radius 1 is 1.13 bits per heavy atom. The first kappa shape index (κ1) is 22.4. The minimum Gasteiger partial charge on any atom is -0.508 e. The Morgan fingerprint density at radius 2 is 1.87 bits per heavy atom. The number of rotatable bonds is 7. The van der Waals surface area contributed by atoms with Gasteiger partial charge in [-0.2, -0.15) is 10.2 Å². The van der Waals surface area contributed by atoms with E-state index in [4.69, 9.17) is 23.2 Å². The van der Waals surface area contributed by atoms with Crippen molar-refractivity contribution >= 4 is 46.6 Å². The molecule has 156 valence electrons. The molecule has 0 spiro atoms. The molecule has 0 fully saturated rings. The van der Waals surface area contributed by atoms with Gasteiger partial charge in [-0.1, -0.05) is 49.2 Å². The van der Waals surface area contributed by atoms with Crippen molar-refractivity contribution in [3.05, 3.63) is 75.5 Å². The van der Waals surface area contributed by atoms with E-state index in [0.29, 0.717) is 27.9 Å². The van der Waals surface area contributed by atoms with Gasteiger partial charge in [0.05, 0.1) is 23.8 Å². The van der Waals surface area contributed by atoms with Gasteiger partial charge in [-0.25, -0.2) is 0 Å². The van der Waals surface area contributed by atoms with Gasteiger partial charge >= 0.3 is 0 Å². The smallest absolute Gasteiger partial charge is 0.234 e. The molecule has 0 unspecified atom stereocenters. The van der Waals surface area contributed by atoms with Crippen molar-refractivity contribution in [2.45, 2.75) is 31.1 Å². The van der Waals surface area contributed by atoms with Gasteiger partial charge in [-0.05, 0) is 46.9 Å². The number of hydrogen-bond acceptors (Lipinski definition) is 5. The molecule has 5 nitrogen and oxygen atoms in total. The van der Waals surface area contributed by atoms with Crippen molar-refractivity contribution in [3.8, 4) is 5.75 Å². The molecule has 2 aromatic carbocycles. The maximum atomic E-state index is 12.1. The van der Waals surface area contributed by atoms with Crippen LogP contribution in [0.25, 0.3) is 0 Å². The van der Waals surface area contributed by atoms with E-state index in [2.05, 4.69) is 15.5 Å². The molecule has 2 N–H and O–H groups in total. The highest BCUT2D eigenvalue weighted by Crippen LogP contribution is 2.34. The lowest BCUT2D eigenvalue weighted by Crippen LogP contribution is -2.14. The number of carbonyl (C=O) groups excluding carboxylic acids is 1. The third kappa shape index (κ3) is 5.88. The average molecular weight is 462 g/mol. The van der Waals surface area contributed by atoms with Crippen LogP contribution in [-0.4, -0.2) is 27.0 Å². The van der Waals surface area contributed by atoms with E-state index in [-0.39, 0.29) is 17.6 Å². The summed E-state index contributed by atoms with van der Waals surface area (Å²) < 4.78 is 0. The summed E-state index contributed by atoms with van der Waals surface area (Å²) in [5.74, 6) is 0.557. The molecule has 1 amide bonds. The molecule has 0 radical (unpaired) electrons. The van der Waals surface area contributed by atoms with Gasteiger partial charge in [0.1, 0.15) is 5.75 Å². The van der Waals surface area contributed by atoms with Crippen LogP contribution in [0.15, 0.2) is 53.7 Å². The first-order chi connectivity index (χ1) is 14.3. The number of halogens is 2. The molecule has 0 aliphatic heterocycles. The van der Waals surface area contributed by atoms with Gasteiger partial charge < -0.3 is 10.4 Å². The van der Waals surface area contributed by atoms with Crippen LogP contribution in [-0.2, 0) is 11.2 Å². The number of thioether (sulfide) groups is 1. The standard InChI is InChI=1S/C22H21Cl2N3O2S/c1-13(2)17-7-14(3-4-21(17)28)8-18-19(23)9-16(10-20(18)24)30-12-22(29)27-15-5-6-25-26-11-15/h3-7,9-11,13,28H,8,12H2,1-2H3,(H,25,27,29). The SMILES string of the molecule is CC(C)c1cc(Cc2c(Cl)cc(SCC(=O)Nc3ccnnc3)cc2Cl)ccc1O. The van der Waals surface area contributed by atoms with Crippen molar-refractivity contribution in [1.82, 2.24) is 10.2 Å². The summed E-state index contributed by atoms with van der Waals surface area (Å²) in [6, 6.07) is 10.9. The van der Waals surface area contributed by atoms with Crippen LogP contribution in [0.1, 0.15) is 36.5 Å². The Bertz CT molecular complexity index is 1020. The van der Waals surface area contributed by atoms with Crippen molar-refractivity contribution in [2.75, 3.05) is 11.1 Å². The fraction of sp³-hybridized carbons (Fsp3) is 0.227. The lowest BCUT2D eigenvalue weighted by atomic mass is 9.96. The summed E-state index contributed by atoms with van der Waals surface area (Å²) >= 11 is 14.4. The maximum Gasteiger partial charge on any atom is 0.234 e. The van der Waals surface area contributed by atoms with E-state index in [1.807, 2.05) is 38.1 Å². The number of aromatic nitrogens is 2. The van der Waals surface area contributed by atoms with Gasteiger partial charge in [0.15, 0.2) is 0 Å². The molecule has 1 heterocycles. The Morgan fingerprint density at radius 3 is 2.50 bits per heavy atom. The van der Waals surface area contributed by atoms with Crippen molar-refractivity contribution in [3.63, 3.8) is 0 Å². The monoisotopic (exact) mass is 461 g/mol. The second kappa shape index (κ2) is 10.2. The number of aromatic hydroxyl groups is 1. The van der Waals surface area contributed by atoms with E-state index < -0.39 is 0 Å². The Kier molecular flexibility index (Phi) is 7.58. The predicted molar refractivity (Wildman–Crippen MR) is 123 cm³/mol. The second-order valence-corrected chi connectivity index (χ2v) is 8.92. The number of amides is 1. The van der Waals surface area contributed by atoms with Crippen LogP contribution in [0, 0.1) is 0 Å². The molecule has 30 heavy (non-hydrogen) atoms. The largest absolute Gasteiger partial charge is 0.508 e. The summed E-state index contributed by atoms with van der Waals surface area (Å²) in [5, 5.41) is 21.3. The van der Waals surface area contributed by atoms with Crippen LogP contribution in [0.2, 0.25) is 10.0 Å². The number of nitrogens with zero attached hydrogens (tertiary/aromatic N) is 2. The molecule has 0 aliphatic rings. The summed E-state index contributed by atoms with van der Waals surface area (Å²) in [4.78, 5) is 12.9. The number of anilines is 1. The highest BCUT2D eigenvalue weighted by atomic mass is 35.5. The molecule has 0 saturated heterocycles. The molecule has 1 aromatic heterocycles. The highest BCUT2D eigenvalue weighted by molar-refractivity contribution is 8.00. The van der Waals surface area contributed by atoms with Gasteiger partial charge in [-0.3, -0.25) is 4.79 Å². The molecular weight excluding hydrogens is 441 g/mol. The van der Waals surface area contributed by atoms with E-state index in [1.165, 1.54) is 24.2 Å². The van der Waals surface area contributed by atoms with Crippen molar-refractivity contribution in [1.29, 1.82) is 0 Å². The molecule has 0 atom stereocenters. The Balaban J connectivity index is 1.68. The number of phenols is 1. The van der Waals surface area contributed by atoms with Gasteiger partial charge in [0.2, 0.25) is 5.91 Å². The van der Waals surface area contributed by atoms with Gasteiger partial charge in [0.25, 0.3) is 0 Å². The lowest BCUT2D eigenvalue weighted by molar-refractivity contribution is -0.113. The maximum absolute atomic E-state index is 12.1. The van der Waals surface area contributed by atoms with Crippen LogP contribution in [0.3, 0.4) is 0 Å². The number of phenolic OH excluding ortho intramolecular Hbond substituents is 1. The van der Waals surface area contributed by atoms with Crippen LogP contribution in [0.5, 0.6) is 5.75 Å². The zero-order valence-electron chi connectivity index (χ0n) is 16.5. The molecule has 0 saturated carbocycles. The summed E-state index contributed by atoms with van der Waals surface area (Å²) in [6.45, 7) is 4.07. The topological polar surface area (TPSA) is 75.1 Å². The van der Waals surface area contributed by atoms with E-state index in [9.17, 15) is 9.90 Å². The van der Waals surface area contributed by atoms with Gasteiger partial charge in [0, 0.05) is 21.4 Å². The summed E-state index contributed by atoms with van der Waals surface area (Å²) in [5.41, 5.74) is 3.32. The normalized spacial score (nSPS) is 11.0. The highest BCUT2D eigenvalue weighted by Gasteiger charge is 2.13. The zero-order chi connectivity index (χ0) is 21.7. The second-order valence-electron chi connectivity index (χ2n) is 7.06. The predicted octanol–water partition coefficient (Wildman–Crippen LogP) is 5.93. The van der Waals surface area contributed by atoms with Gasteiger partial charge in [-0.15, -0.1) is 11.8 Å². The first-order valence-electron chi connectivity index (χ1n) is 9.32. The zero-order valence-corrected chi connectivity index (χ0v) is 18.9. The van der Waals surface area contributed by atoms with Crippen molar-refractivity contribution in [2.24, 2.45) is 0 Å². The molecule has 3 aromatic rings. The fourth-order valence-corrected chi connectivity index (χ4v) is 4.45. The lowest BCUT2D eigenvalue weighted by Gasteiger charge is -2.13. The third-order valence-corrected chi connectivity index (χ3v) is 6.10. The number of nitrogens with one attached hydrogen (secondary N) is 1. The molecule has 3 rings (SSSR count). The quantitative estimate of drug-likeness (QED) is 0.426. The minimum atomic E-state index is -0.158. The molecule has 8 heteroatoms.